The summed E-state index contributed by atoms with van der Waals surface area (Å²) in [6.07, 6.45) is 10.6. The van der Waals surface area contributed by atoms with Crippen molar-refractivity contribution in [3.63, 3.8) is 0 Å². The highest BCUT2D eigenvalue weighted by atomic mass is 16.4. The third kappa shape index (κ3) is 4.15. The van der Waals surface area contributed by atoms with E-state index in [1.807, 2.05) is 0 Å². The van der Waals surface area contributed by atoms with Gasteiger partial charge in [-0.3, -0.25) is 4.79 Å². The van der Waals surface area contributed by atoms with Crippen molar-refractivity contribution in [1.29, 1.82) is 0 Å². The first kappa shape index (κ1) is 25.5. The Morgan fingerprint density at radius 3 is 2.40 bits per heavy atom. The fourth-order valence-corrected chi connectivity index (χ4v) is 10.3. The number of aliphatic hydroxyl groups excluding tert-OH is 2. The number of aliphatic hydroxyl groups is 2. The molecule has 0 bridgehead atoms. The van der Waals surface area contributed by atoms with E-state index in [4.69, 9.17) is 0 Å². The summed E-state index contributed by atoms with van der Waals surface area (Å²) >= 11 is 0. The van der Waals surface area contributed by atoms with E-state index < -0.39 is 12.0 Å². The van der Waals surface area contributed by atoms with Gasteiger partial charge < -0.3 is 20.2 Å². The van der Waals surface area contributed by atoms with E-state index in [-0.39, 0.29) is 34.9 Å². The zero-order chi connectivity index (χ0) is 25.1. The highest BCUT2D eigenvalue weighted by molar-refractivity contribution is 5.84. The zero-order valence-corrected chi connectivity index (χ0v) is 22.0. The lowest BCUT2D eigenvalue weighted by atomic mass is 9.44. The van der Waals surface area contributed by atoms with Crippen molar-refractivity contribution in [3.8, 4) is 0 Å². The van der Waals surface area contributed by atoms with Gasteiger partial charge in [0.2, 0.25) is 5.91 Å². The Morgan fingerprint density at radius 1 is 0.943 bits per heavy atom. The molecule has 5 rings (SSSR count). The summed E-state index contributed by atoms with van der Waals surface area (Å²) in [7, 11) is 0. The predicted octanol–water partition coefficient (Wildman–Crippen LogP) is 4.47. The number of carboxylic acids is 1. The zero-order valence-electron chi connectivity index (χ0n) is 22.0. The molecule has 11 atom stereocenters. The number of likely N-dealkylation sites (tertiary alicyclic amines) is 1. The number of nitrogens with zero attached hydrogens (tertiary/aromatic N) is 1. The minimum atomic E-state index is -0.870. The van der Waals surface area contributed by atoms with Gasteiger partial charge >= 0.3 is 5.97 Å². The summed E-state index contributed by atoms with van der Waals surface area (Å²) < 4.78 is 0. The van der Waals surface area contributed by atoms with Crippen molar-refractivity contribution in [2.45, 2.75) is 116 Å². The van der Waals surface area contributed by atoms with Gasteiger partial charge in [-0.05, 0) is 117 Å². The molecule has 4 aliphatic carbocycles. The van der Waals surface area contributed by atoms with Crippen LogP contribution in [0.2, 0.25) is 0 Å². The highest BCUT2D eigenvalue weighted by Gasteiger charge is 2.62. The number of hydrogen-bond donors (Lipinski definition) is 3. The Bertz CT molecular complexity index is 832. The van der Waals surface area contributed by atoms with Gasteiger partial charge in [-0.15, -0.1) is 0 Å². The first-order valence-corrected chi connectivity index (χ1v) is 14.4. The summed E-state index contributed by atoms with van der Waals surface area (Å²) in [6, 6.07) is -0.634. The largest absolute Gasteiger partial charge is 0.480 e. The molecule has 1 amide bonds. The van der Waals surface area contributed by atoms with Crippen molar-refractivity contribution in [2.24, 2.45) is 46.3 Å². The fourth-order valence-electron chi connectivity index (χ4n) is 10.3. The maximum atomic E-state index is 12.9. The van der Waals surface area contributed by atoms with E-state index in [0.717, 1.165) is 38.5 Å². The first-order valence-electron chi connectivity index (χ1n) is 14.4. The summed E-state index contributed by atoms with van der Waals surface area (Å²) in [4.78, 5) is 26.0. The number of rotatable bonds is 5. The third-order valence-electron chi connectivity index (χ3n) is 12.1. The normalized spacial score (nSPS) is 48.1. The Balaban J connectivity index is 1.25. The molecule has 3 N–H and O–H groups in total. The molecule has 1 heterocycles. The number of amides is 1. The minimum Gasteiger partial charge on any atom is -0.480 e. The van der Waals surface area contributed by atoms with E-state index in [1.54, 1.807) is 4.90 Å². The molecule has 5 aliphatic rings. The van der Waals surface area contributed by atoms with E-state index in [0.29, 0.717) is 49.0 Å². The molecule has 198 valence electrons. The number of fused-ring (bicyclic) bond motifs is 5. The molecule has 6 heteroatoms. The number of carbonyl (C=O) groups is 2. The number of aliphatic carboxylic acids is 1. The predicted molar refractivity (Wildman–Crippen MR) is 133 cm³/mol. The lowest BCUT2D eigenvalue weighted by Gasteiger charge is -2.62. The maximum absolute atomic E-state index is 12.9. The minimum absolute atomic E-state index is 0.0130. The van der Waals surface area contributed by atoms with E-state index in [2.05, 4.69) is 20.8 Å². The second kappa shape index (κ2) is 9.31. The Kier molecular flexibility index (Phi) is 6.78. The van der Waals surface area contributed by atoms with E-state index in [1.165, 1.54) is 25.7 Å². The van der Waals surface area contributed by atoms with Crippen LogP contribution < -0.4 is 0 Å². The molecule has 4 saturated carbocycles. The molecule has 6 nitrogen and oxygen atoms in total. The number of hydrogen-bond acceptors (Lipinski definition) is 4. The van der Waals surface area contributed by atoms with Gasteiger partial charge in [0.15, 0.2) is 0 Å². The first-order chi connectivity index (χ1) is 16.6. The van der Waals surface area contributed by atoms with Crippen LogP contribution in [0.25, 0.3) is 0 Å². The lowest BCUT2D eigenvalue weighted by molar-refractivity contribution is -0.172. The van der Waals surface area contributed by atoms with Crippen molar-refractivity contribution < 1.29 is 24.9 Å². The molecule has 0 aromatic carbocycles. The monoisotopic (exact) mass is 489 g/mol. The summed E-state index contributed by atoms with van der Waals surface area (Å²) in [5.41, 5.74) is 0.410. The molecule has 0 aromatic rings. The van der Waals surface area contributed by atoms with Crippen LogP contribution in [0.1, 0.15) is 97.8 Å². The van der Waals surface area contributed by atoms with E-state index in [9.17, 15) is 24.9 Å². The van der Waals surface area contributed by atoms with Crippen molar-refractivity contribution in [3.05, 3.63) is 0 Å². The van der Waals surface area contributed by atoms with Crippen LogP contribution >= 0.6 is 0 Å². The topological polar surface area (TPSA) is 98.1 Å². The summed E-state index contributed by atoms with van der Waals surface area (Å²) in [6.45, 7) is 7.80. The Hall–Kier alpha value is -1.14. The Labute approximate surface area is 210 Å². The fraction of sp³-hybridized carbons (Fsp3) is 0.931. The number of carboxylic acid groups (broad SMARTS) is 1. The quantitative estimate of drug-likeness (QED) is 0.529. The molecule has 0 radical (unpaired) electrons. The molecule has 35 heavy (non-hydrogen) atoms. The second-order valence-electron chi connectivity index (χ2n) is 13.5. The molecular formula is C29H47NO5. The third-order valence-corrected chi connectivity index (χ3v) is 12.1. The molecule has 0 spiro atoms. The maximum Gasteiger partial charge on any atom is 0.326 e. The van der Waals surface area contributed by atoms with Gasteiger partial charge in [0.25, 0.3) is 0 Å². The van der Waals surface area contributed by atoms with Gasteiger partial charge in [0.05, 0.1) is 12.2 Å². The van der Waals surface area contributed by atoms with Crippen LogP contribution in [0.4, 0.5) is 0 Å². The number of carbonyl (C=O) groups excluding carboxylic acids is 1. The molecule has 1 saturated heterocycles. The lowest BCUT2D eigenvalue weighted by Crippen LogP contribution is -2.58. The van der Waals surface area contributed by atoms with Crippen molar-refractivity contribution in [1.82, 2.24) is 4.90 Å². The van der Waals surface area contributed by atoms with Crippen LogP contribution in [0.3, 0.4) is 0 Å². The SMILES string of the molecule is C[C@H](CCC(=O)N1CCCC1C(=O)O)[C@H]1CC[C@H]2[C@@H]3C[C@H](O)[C@@H]4C[C@H](O)CC[C@]4(C)[C@H]3CC[C@]12C. The van der Waals surface area contributed by atoms with Crippen LogP contribution in [0.15, 0.2) is 0 Å². The smallest absolute Gasteiger partial charge is 0.326 e. The van der Waals surface area contributed by atoms with Crippen molar-refractivity contribution >= 4 is 11.9 Å². The van der Waals surface area contributed by atoms with Crippen LogP contribution in [0.5, 0.6) is 0 Å². The van der Waals surface area contributed by atoms with Gasteiger partial charge in [0.1, 0.15) is 6.04 Å². The van der Waals surface area contributed by atoms with Crippen LogP contribution in [-0.4, -0.2) is 56.9 Å². The second-order valence-corrected chi connectivity index (χ2v) is 13.5. The standard InChI is InChI=1S/C29H47NO5/c1-17(6-9-26(33)30-14-4-5-24(30)27(34)35)20-7-8-21-19-16-25(32)23-15-18(31)10-12-29(23,3)22(19)11-13-28(20,21)2/h17-25,31-32H,4-16H2,1-3H3,(H,34,35)/t17-,18-,19+,20-,21+,22+,23+,24?,25+,28-,29-/m1/s1. The molecule has 5 fully saturated rings. The van der Waals surface area contributed by atoms with Crippen LogP contribution in [0, 0.1) is 46.3 Å². The molecule has 1 aliphatic heterocycles. The van der Waals surface area contributed by atoms with Crippen LogP contribution in [-0.2, 0) is 9.59 Å². The summed E-state index contributed by atoms with van der Waals surface area (Å²) in [5, 5.41) is 31.0. The molecule has 0 aromatic heterocycles. The summed E-state index contributed by atoms with van der Waals surface area (Å²) in [5.74, 6) is 2.27. The molecular weight excluding hydrogens is 442 g/mol. The average Bonchev–Trinajstić information content (AvgIpc) is 3.43. The van der Waals surface area contributed by atoms with Gasteiger partial charge in [-0.25, -0.2) is 4.79 Å². The Morgan fingerprint density at radius 2 is 1.66 bits per heavy atom. The van der Waals surface area contributed by atoms with Gasteiger partial charge in [-0.2, -0.15) is 0 Å². The highest BCUT2D eigenvalue weighted by Crippen LogP contribution is 2.68. The van der Waals surface area contributed by atoms with Gasteiger partial charge in [-0.1, -0.05) is 20.8 Å². The average molecular weight is 490 g/mol. The van der Waals surface area contributed by atoms with Crippen molar-refractivity contribution in [2.75, 3.05) is 6.54 Å². The van der Waals surface area contributed by atoms with E-state index >= 15 is 0 Å². The molecule has 1 unspecified atom stereocenters. The van der Waals surface area contributed by atoms with Gasteiger partial charge in [0, 0.05) is 13.0 Å².